The van der Waals surface area contributed by atoms with E-state index in [2.05, 4.69) is 21.3 Å². The van der Waals surface area contributed by atoms with Crippen molar-refractivity contribution in [2.45, 2.75) is 104 Å². The first-order valence-electron chi connectivity index (χ1n) is 12.6. The van der Waals surface area contributed by atoms with E-state index in [-0.39, 0.29) is 23.6 Å². The van der Waals surface area contributed by atoms with Crippen molar-refractivity contribution < 1.29 is 19.2 Å². The van der Waals surface area contributed by atoms with Gasteiger partial charge in [0.2, 0.25) is 23.6 Å². The van der Waals surface area contributed by atoms with Gasteiger partial charge in [0, 0.05) is 51.9 Å². The molecule has 0 aliphatic carbocycles. The second-order valence-corrected chi connectivity index (χ2v) is 8.23. The van der Waals surface area contributed by atoms with Crippen molar-refractivity contribution in [2.24, 2.45) is 0 Å². The van der Waals surface area contributed by atoms with Gasteiger partial charge >= 0.3 is 0 Å². The topological polar surface area (TPSA) is 116 Å². The zero-order valence-electron chi connectivity index (χ0n) is 20.4. The maximum atomic E-state index is 11.8. The standard InChI is InChI=1S/C24H46N4O4/c1-3-17-25-21(29)13-7-9-15-23(31)27-19-11-5-6-12-20-28-24(32)16-10-8-14-22(30)26-18-4-2/h3-20H2,1-2H3,(H,25,29)(H,26,30)(H,27,31)(H,28,32). The number of amides is 4. The highest BCUT2D eigenvalue weighted by Gasteiger charge is 2.05. The molecule has 0 unspecified atom stereocenters. The lowest BCUT2D eigenvalue weighted by molar-refractivity contribution is -0.123. The summed E-state index contributed by atoms with van der Waals surface area (Å²) in [7, 11) is 0. The molecule has 0 fully saturated rings. The quantitative estimate of drug-likeness (QED) is 0.200. The largest absolute Gasteiger partial charge is 0.356 e. The van der Waals surface area contributed by atoms with Crippen LogP contribution in [0.1, 0.15) is 104 Å². The van der Waals surface area contributed by atoms with E-state index in [4.69, 9.17) is 0 Å². The van der Waals surface area contributed by atoms with Crippen LogP contribution in [0, 0.1) is 0 Å². The van der Waals surface area contributed by atoms with E-state index in [1.165, 1.54) is 0 Å². The lowest BCUT2D eigenvalue weighted by Gasteiger charge is -2.07. The monoisotopic (exact) mass is 454 g/mol. The molecule has 0 rings (SSSR count). The van der Waals surface area contributed by atoms with Crippen LogP contribution in [-0.2, 0) is 19.2 Å². The highest BCUT2D eigenvalue weighted by atomic mass is 16.2. The normalized spacial score (nSPS) is 10.4. The van der Waals surface area contributed by atoms with Crippen LogP contribution < -0.4 is 21.3 Å². The summed E-state index contributed by atoms with van der Waals surface area (Å²) in [5, 5.41) is 11.5. The van der Waals surface area contributed by atoms with E-state index in [0.29, 0.717) is 51.9 Å². The molecule has 4 N–H and O–H groups in total. The van der Waals surface area contributed by atoms with Crippen molar-refractivity contribution in [2.75, 3.05) is 26.2 Å². The number of unbranched alkanes of at least 4 members (excludes halogenated alkanes) is 5. The van der Waals surface area contributed by atoms with Crippen molar-refractivity contribution in [3.05, 3.63) is 0 Å². The summed E-state index contributed by atoms with van der Waals surface area (Å²) in [6.45, 7) is 6.82. The van der Waals surface area contributed by atoms with Gasteiger partial charge in [-0.15, -0.1) is 0 Å². The van der Waals surface area contributed by atoms with Crippen LogP contribution in [0.5, 0.6) is 0 Å². The van der Waals surface area contributed by atoms with Crippen LogP contribution in [0.3, 0.4) is 0 Å². The molecule has 0 spiro atoms. The third-order valence-electron chi connectivity index (χ3n) is 5.01. The third-order valence-corrected chi connectivity index (χ3v) is 5.01. The second kappa shape index (κ2) is 22.1. The van der Waals surface area contributed by atoms with Gasteiger partial charge in [-0.1, -0.05) is 26.7 Å². The van der Waals surface area contributed by atoms with Gasteiger partial charge in [0.15, 0.2) is 0 Å². The summed E-state index contributed by atoms with van der Waals surface area (Å²) in [6.07, 6.45) is 10.6. The van der Waals surface area contributed by atoms with Crippen molar-refractivity contribution in [3.63, 3.8) is 0 Å². The first kappa shape index (κ1) is 29.9. The Labute approximate surface area is 194 Å². The highest BCUT2D eigenvalue weighted by Crippen LogP contribution is 2.02. The number of carbonyl (C=O) groups excluding carboxylic acids is 4. The van der Waals surface area contributed by atoms with E-state index in [9.17, 15) is 19.2 Å². The average molecular weight is 455 g/mol. The first-order chi connectivity index (χ1) is 15.5. The number of carbonyl (C=O) groups is 4. The van der Waals surface area contributed by atoms with Gasteiger partial charge in [-0.2, -0.15) is 0 Å². The molecule has 8 nitrogen and oxygen atoms in total. The first-order valence-corrected chi connectivity index (χ1v) is 12.6. The fourth-order valence-electron chi connectivity index (χ4n) is 3.08. The molecule has 0 saturated carbocycles. The van der Waals surface area contributed by atoms with Gasteiger partial charge in [-0.3, -0.25) is 19.2 Å². The zero-order valence-corrected chi connectivity index (χ0v) is 20.4. The Balaban J connectivity index is 3.40. The Hall–Kier alpha value is -2.12. The minimum atomic E-state index is 0.0501. The van der Waals surface area contributed by atoms with Crippen molar-refractivity contribution in [1.29, 1.82) is 0 Å². The van der Waals surface area contributed by atoms with Crippen molar-refractivity contribution in [1.82, 2.24) is 21.3 Å². The molecule has 0 aliphatic heterocycles. The number of hydrogen-bond donors (Lipinski definition) is 4. The maximum Gasteiger partial charge on any atom is 0.219 e. The summed E-state index contributed by atoms with van der Waals surface area (Å²) >= 11 is 0. The summed E-state index contributed by atoms with van der Waals surface area (Å²) in [6, 6.07) is 0. The van der Waals surface area contributed by atoms with E-state index in [0.717, 1.165) is 64.2 Å². The van der Waals surface area contributed by atoms with Crippen LogP contribution in [0.2, 0.25) is 0 Å². The zero-order chi connectivity index (χ0) is 23.9. The van der Waals surface area contributed by atoms with Gasteiger partial charge in [-0.25, -0.2) is 0 Å². The smallest absolute Gasteiger partial charge is 0.219 e. The summed E-state index contributed by atoms with van der Waals surface area (Å²) in [5.74, 6) is 0.230. The van der Waals surface area contributed by atoms with Gasteiger partial charge in [-0.05, 0) is 51.4 Å². The van der Waals surface area contributed by atoms with Gasteiger partial charge in [0.05, 0.1) is 0 Å². The molecule has 0 atom stereocenters. The van der Waals surface area contributed by atoms with Crippen LogP contribution in [0.25, 0.3) is 0 Å². The molecule has 186 valence electrons. The predicted molar refractivity (Wildman–Crippen MR) is 128 cm³/mol. The molecular weight excluding hydrogens is 408 g/mol. The Morgan fingerprint density at radius 1 is 0.406 bits per heavy atom. The third kappa shape index (κ3) is 21.1. The Kier molecular flexibility index (Phi) is 20.6. The molecule has 0 aliphatic rings. The van der Waals surface area contributed by atoms with E-state index in [1.54, 1.807) is 0 Å². The number of nitrogens with one attached hydrogen (secondary N) is 4. The molecular formula is C24H46N4O4. The summed E-state index contributed by atoms with van der Waals surface area (Å²) < 4.78 is 0. The summed E-state index contributed by atoms with van der Waals surface area (Å²) in [5.41, 5.74) is 0. The van der Waals surface area contributed by atoms with Crippen LogP contribution in [-0.4, -0.2) is 49.8 Å². The molecule has 4 amide bonds. The Morgan fingerprint density at radius 2 is 0.688 bits per heavy atom. The Bertz CT molecular complexity index is 480. The maximum absolute atomic E-state index is 11.8. The molecule has 0 aromatic carbocycles. The van der Waals surface area contributed by atoms with Gasteiger partial charge in [0.25, 0.3) is 0 Å². The predicted octanol–water partition coefficient (Wildman–Crippen LogP) is 2.95. The number of rotatable bonds is 21. The second-order valence-electron chi connectivity index (χ2n) is 8.23. The van der Waals surface area contributed by atoms with E-state index < -0.39 is 0 Å². The molecule has 0 aromatic heterocycles. The SMILES string of the molecule is CCCNC(=O)CCCCC(=O)NCCCCCCNC(=O)CCCCC(=O)NCCC. The minimum absolute atomic E-state index is 0.0501. The van der Waals surface area contributed by atoms with Crippen molar-refractivity contribution >= 4 is 23.6 Å². The molecule has 0 aromatic rings. The van der Waals surface area contributed by atoms with Crippen LogP contribution in [0.4, 0.5) is 0 Å². The molecule has 0 bridgehead atoms. The molecule has 0 saturated heterocycles. The molecule has 32 heavy (non-hydrogen) atoms. The van der Waals surface area contributed by atoms with E-state index >= 15 is 0 Å². The molecule has 8 heteroatoms. The average Bonchev–Trinajstić information content (AvgIpc) is 2.78. The molecule has 0 heterocycles. The number of hydrogen-bond acceptors (Lipinski definition) is 4. The van der Waals surface area contributed by atoms with Crippen LogP contribution >= 0.6 is 0 Å². The molecule has 0 radical (unpaired) electrons. The highest BCUT2D eigenvalue weighted by molar-refractivity contribution is 5.77. The van der Waals surface area contributed by atoms with Gasteiger partial charge < -0.3 is 21.3 Å². The van der Waals surface area contributed by atoms with Crippen LogP contribution in [0.15, 0.2) is 0 Å². The minimum Gasteiger partial charge on any atom is -0.356 e. The van der Waals surface area contributed by atoms with E-state index in [1.807, 2.05) is 13.8 Å². The van der Waals surface area contributed by atoms with Gasteiger partial charge in [0.1, 0.15) is 0 Å². The lowest BCUT2D eigenvalue weighted by Crippen LogP contribution is -2.25. The lowest BCUT2D eigenvalue weighted by atomic mass is 10.1. The summed E-state index contributed by atoms with van der Waals surface area (Å²) in [4.78, 5) is 46.5. The Morgan fingerprint density at radius 3 is 0.969 bits per heavy atom. The fraction of sp³-hybridized carbons (Fsp3) is 0.833. The van der Waals surface area contributed by atoms with Crippen molar-refractivity contribution in [3.8, 4) is 0 Å². The fourth-order valence-corrected chi connectivity index (χ4v) is 3.08.